The van der Waals surface area contributed by atoms with Crippen LogP contribution in [0.5, 0.6) is 0 Å². The van der Waals surface area contributed by atoms with Crippen molar-refractivity contribution in [1.82, 2.24) is 9.80 Å². The van der Waals surface area contributed by atoms with Crippen LogP contribution in [-0.2, 0) is 6.42 Å². The van der Waals surface area contributed by atoms with Crippen molar-refractivity contribution in [2.24, 2.45) is 0 Å². The standard InChI is InChI=1S/C22H26ClN3O/c1-24-10-12-26(13-11-24)22(27)18-5-7-20(23)19(15-18)16-6-8-21-17(14-16)4-3-9-25(21)2/h5-8,14-15H,3-4,9-13H2,1-2H3. The number of hydrogen-bond acceptors (Lipinski definition) is 3. The monoisotopic (exact) mass is 383 g/mol. The van der Waals surface area contributed by atoms with Crippen molar-refractivity contribution in [2.45, 2.75) is 12.8 Å². The Morgan fingerprint density at radius 2 is 1.74 bits per heavy atom. The van der Waals surface area contributed by atoms with Gasteiger partial charge in [0.15, 0.2) is 0 Å². The summed E-state index contributed by atoms with van der Waals surface area (Å²) in [4.78, 5) is 19.4. The highest BCUT2D eigenvalue weighted by Gasteiger charge is 2.21. The van der Waals surface area contributed by atoms with E-state index in [9.17, 15) is 4.79 Å². The lowest BCUT2D eigenvalue weighted by Gasteiger charge is -2.32. The van der Waals surface area contributed by atoms with Gasteiger partial charge in [0, 0.05) is 61.6 Å². The summed E-state index contributed by atoms with van der Waals surface area (Å²) in [5.41, 5.74) is 5.39. The first kappa shape index (κ1) is 18.3. The van der Waals surface area contributed by atoms with Crippen molar-refractivity contribution in [3.05, 3.63) is 52.5 Å². The molecule has 0 aliphatic carbocycles. The number of anilines is 1. The SMILES string of the molecule is CN1CCN(C(=O)c2ccc(Cl)c(-c3ccc4c(c3)CCCN4C)c2)CC1. The number of halogens is 1. The zero-order valence-electron chi connectivity index (χ0n) is 16.0. The summed E-state index contributed by atoms with van der Waals surface area (Å²) in [7, 11) is 4.23. The van der Waals surface area contributed by atoms with Gasteiger partial charge in [-0.25, -0.2) is 0 Å². The number of benzene rings is 2. The molecular formula is C22H26ClN3O. The predicted octanol–water partition coefficient (Wildman–Crippen LogP) is 3.78. The molecule has 0 bridgehead atoms. The zero-order chi connectivity index (χ0) is 19.0. The summed E-state index contributed by atoms with van der Waals surface area (Å²) in [5, 5.41) is 0.689. The molecule has 4 nitrogen and oxygen atoms in total. The van der Waals surface area contributed by atoms with Crippen LogP contribution in [0.25, 0.3) is 11.1 Å². The molecule has 0 spiro atoms. The van der Waals surface area contributed by atoms with Crippen molar-refractivity contribution in [1.29, 1.82) is 0 Å². The van der Waals surface area contributed by atoms with Crippen LogP contribution in [0.4, 0.5) is 5.69 Å². The molecule has 0 atom stereocenters. The van der Waals surface area contributed by atoms with Gasteiger partial charge in [-0.3, -0.25) is 4.79 Å². The highest BCUT2D eigenvalue weighted by Crippen LogP contribution is 2.34. The zero-order valence-corrected chi connectivity index (χ0v) is 16.8. The minimum absolute atomic E-state index is 0.0960. The number of piperazine rings is 1. The fourth-order valence-electron chi connectivity index (χ4n) is 4.02. The van der Waals surface area contributed by atoms with Gasteiger partial charge >= 0.3 is 0 Å². The van der Waals surface area contributed by atoms with Crippen molar-refractivity contribution >= 4 is 23.2 Å². The maximum atomic E-state index is 12.9. The molecule has 2 aliphatic heterocycles. The maximum Gasteiger partial charge on any atom is 0.253 e. The summed E-state index contributed by atoms with van der Waals surface area (Å²) >= 11 is 6.51. The van der Waals surface area contributed by atoms with Gasteiger partial charge in [0.05, 0.1) is 0 Å². The van der Waals surface area contributed by atoms with Crippen LogP contribution in [0.15, 0.2) is 36.4 Å². The number of amides is 1. The highest BCUT2D eigenvalue weighted by atomic mass is 35.5. The first-order valence-corrected chi connectivity index (χ1v) is 10.0. The Bertz CT molecular complexity index is 859. The summed E-state index contributed by atoms with van der Waals surface area (Å²) in [6.07, 6.45) is 2.26. The number of nitrogens with zero attached hydrogens (tertiary/aromatic N) is 3. The maximum absolute atomic E-state index is 12.9. The van der Waals surface area contributed by atoms with E-state index >= 15 is 0 Å². The minimum Gasteiger partial charge on any atom is -0.374 e. The van der Waals surface area contributed by atoms with Gasteiger partial charge in [-0.05, 0) is 61.3 Å². The highest BCUT2D eigenvalue weighted by molar-refractivity contribution is 6.33. The molecule has 0 aromatic heterocycles. The molecule has 1 amide bonds. The number of hydrogen-bond donors (Lipinski definition) is 0. The lowest BCUT2D eigenvalue weighted by atomic mass is 9.95. The van der Waals surface area contributed by atoms with Gasteiger partial charge < -0.3 is 14.7 Å². The van der Waals surface area contributed by atoms with E-state index in [1.54, 1.807) is 0 Å². The van der Waals surface area contributed by atoms with Crippen molar-refractivity contribution in [3.8, 4) is 11.1 Å². The number of likely N-dealkylation sites (N-methyl/N-ethyl adjacent to an activating group) is 1. The number of aryl methyl sites for hydroxylation is 1. The molecule has 2 aliphatic rings. The van der Waals surface area contributed by atoms with E-state index in [2.05, 4.69) is 42.1 Å². The van der Waals surface area contributed by atoms with Gasteiger partial charge in [0.1, 0.15) is 0 Å². The van der Waals surface area contributed by atoms with Gasteiger partial charge in [0.2, 0.25) is 0 Å². The van der Waals surface area contributed by atoms with Crippen LogP contribution in [0, 0.1) is 0 Å². The Hall–Kier alpha value is -2.04. The summed E-state index contributed by atoms with van der Waals surface area (Å²) in [5.74, 6) is 0.0960. The quantitative estimate of drug-likeness (QED) is 0.789. The molecule has 2 heterocycles. The van der Waals surface area contributed by atoms with Crippen LogP contribution in [0.3, 0.4) is 0 Å². The third-order valence-electron chi connectivity index (χ3n) is 5.75. The molecule has 5 heteroatoms. The molecule has 0 unspecified atom stereocenters. The molecule has 1 saturated heterocycles. The Morgan fingerprint density at radius 1 is 0.963 bits per heavy atom. The van der Waals surface area contributed by atoms with Gasteiger partial charge in [-0.1, -0.05) is 17.7 Å². The van der Waals surface area contributed by atoms with Crippen LogP contribution < -0.4 is 4.90 Å². The van der Waals surface area contributed by atoms with E-state index in [1.165, 1.54) is 17.7 Å². The largest absolute Gasteiger partial charge is 0.374 e. The van der Waals surface area contributed by atoms with E-state index in [-0.39, 0.29) is 5.91 Å². The second-order valence-corrected chi connectivity index (χ2v) is 8.07. The number of carbonyl (C=O) groups is 1. The smallest absolute Gasteiger partial charge is 0.253 e. The lowest BCUT2D eigenvalue weighted by molar-refractivity contribution is 0.0664. The molecule has 0 N–H and O–H groups in total. The van der Waals surface area contributed by atoms with Gasteiger partial charge in [-0.2, -0.15) is 0 Å². The average molecular weight is 384 g/mol. The Morgan fingerprint density at radius 3 is 2.52 bits per heavy atom. The van der Waals surface area contributed by atoms with Crippen molar-refractivity contribution < 1.29 is 4.79 Å². The minimum atomic E-state index is 0.0960. The summed E-state index contributed by atoms with van der Waals surface area (Å²) < 4.78 is 0. The molecule has 4 rings (SSSR count). The van der Waals surface area contributed by atoms with Gasteiger partial charge in [-0.15, -0.1) is 0 Å². The molecule has 27 heavy (non-hydrogen) atoms. The van der Waals surface area contributed by atoms with Gasteiger partial charge in [0.25, 0.3) is 5.91 Å². The number of fused-ring (bicyclic) bond motifs is 1. The number of rotatable bonds is 2. The first-order valence-electron chi connectivity index (χ1n) is 9.65. The topological polar surface area (TPSA) is 26.8 Å². The number of carbonyl (C=O) groups excluding carboxylic acids is 1. The van der Waals surface area contributed by atoms with Crippen LogP contribution in [0.1, 0.15) is 22.3 Å². The predicted molar refractivity (Wildman–Crippen MR) is 112 cm³/mol. The molecule has 142 valence electrons. The van der Waals surface area contributed by atoms with Crippen molar-refractivity contribution in [3.63, 3.8) is 0 Å². The Balaban J connectivity index is 1.64. The lowest BCUT2D eigenvalue weighted by Crippen LogP contribution is -2.47. The fraction of sp³-hybridized carbons (Fsp3) is 0.409. The van der Waals surface area contributed by atoms with E-state index in [0.29, 0.717) is 10.6 Å². The average Bonchev–Trinajstić information content (AvgIpc) is 2.68. The second kappa shape index (κ2) is 7.53. The van der Waals surface area contributed by atoms with Crippen molar-refractivity contribution in [2.75, 3.05) is 51.7 Å². The molecular weight excluding hydrogens is 358 g/mol. The van der Waals surface area contributed by atoms with E-state index in [4.69, 9.17) is 11.6 Å². The normalized spacial score (nSPS) is 17.7. The van der Waals surface area contributed by atoms with Crippen LogP contribution in [0.2, 0.25) is 5.02 Å². The van der Waals surface area contributed by atoms with Crippen LogP contribution in [-0.4, -0.2) is 62.5 Å². The van der Waals surface area contributed by atoms with Crippen LogP contribution >= 0.6 is 11.6 Å². The summed E-state index contributed by atoms with van der Waals surface area (Å²) in [6.45, 7) is 4.49. The van der Waals surface area contributed by atoms with E-state index < -0.39 is 0 Å². The second-order valence-electron chi connectivity index (χ2n) is 7.66. The first-order chi connectivity index (χ1) is 13.0. The summed E-state index contributed by atoms with van der Waals surface area (Å²) in [6, 6.07) is 12.2. The Kier molecular flexibility index (Phi) is 5.11. The molecule has 1 fully saturated rings. The fourth-order valence-corrected chi connectivity index (χ4v) is 4.25. The third-order valence-corrected chi connectivity index (χ3v) is 6.07. The molecule has 2 aromatic rings. The third kappa shape index (κ3) is 3.69. The van der Waals surface area contributed by atoms with E-state index in [0.717, 1.165) is 50.3 Å². The molecule has 0 saturated carbocycles. The Labute approximate surface area is 166 Å². The van der Waals surface area contributed by atoms with E-state index in [1.807, 2.05) is 23.1 Å². The molecule has 2 aromatic carbocycles. The molecule has 0 radical (unpaired) electrons.